The van der Waals surface area contributed by atoms with Crippen LogP contribution in [0.15, 0.2) is 18.5 Å². The molecule has 88 valence electrons. The van der Waals surface area contributed by atoms with Crippen LogP contribution in [0.4, 0.5) is 5.69 Å². The lowest BCUT2D eigenvalue weighted by atomic mass is 10.4. The fourth-order valence-electron chi connectivity index (χ4n) is 1.01. The molecule has 0 radical (unpaired) electrons. The molecular weight excluding hydrogens is 212 g/mol. The summed E-state index contributed by atoms with van der Waals surface area (Å²) < 4.78 is 5.16. The number of pyridine rings is 1. The number of aromatic nitrogens is 1. The van der Waals surface area contributed by atoms with Crippen LogP contribution in [-0.4, -0.2) is 40.4 Å². The molecule has 1 heterocycles. The number of carbonyl (C=O) groups is 1. The third-order valence-corrected chi connectivity index (χ3v) is 1.69. The molecule has 16 heavy (non-hydrogen) atoms. The summed E-state index contributed by atoms with van der Waals surface area (Å²) in [6, 6.07) is 1.58. The molecule has 1 amide bonds. The van der Waals surface area contributed by atoms with E-state index < -0.39 is 6.10 Å². The Kier molecular flexibility index (Phi) is 4.68. The molecule has 3 N–H and O–H groups in total. The van der Waals surface area contributed by atoms with E-state index in [1.54, 1.807) is 6.07 Å². The van der Waals surface area contributed by atoms with Gasteiger partial charge in [0.15, 0.2) is 0 Å². The topological polar surface area (TPSA) is 91.7 Å². The summed E-state index contributed by atoms with van der Waals surface area (Å²) in [7, 11) is 0. The van der Waals surface area contributed by atoms with Crippen molar-refractivity contribution in [3.8, 4) is 5.75 Å². The van der Waals surface area contributed by atoms with Crippen molar-refractivity contribution in [2.24, 2.45) is 0 Å². The normalized spacial score (nSPS) is 11.9. The Labute approximate surface area is 92.9 Å². The average molecular weight is 226 g/mol. The van der Waals surface area contributed by atoms with Gasteiger partial charge in [-0.1, -0.05) is 0 Å². The Morgan fingerprint density at radius 3 is 3.00 bits per heavy atom. The van der Waals surface area contributed by atoms with Crippen LogP contribution in [0.3, 0.4) is 0 Å². The van der Waals surface area contributed by atoms with Crippen molar-refractivity contribution in [2.75, 3.05) is 18.5 Å². The summed E-state index contributed by atoms with van der Waals surface area (Å²) in [5.74, 6) is 0.216. The van der Waals surface area contributed by atoms with E-state index in [2.05, 4.69) is 10.3 Å². The number of amides is 1. The van der Waals surface area contributed by atoms with Crippen LogP contribution in [0.1, 0.15) is 6.92 Å². The fourth-order valence-corrected chi connectivity index (χ4v) is 1.01. The lowest BCUT2D eigenvalue weighted by Gasteiger charge is -2.10. The van der Waals surface area contributed by atoms with Gasteiger partial charge in [-0.15, -0.1) is 0 Å². The van der Waals surface area contributed by atoms with Crippen molar-refractivity contribution in [3.05, 3.63) is 18.5 Å². The lowest BCUT2D eigenvalue weighted by molar-refractivity contribution is -0.114. The van der Waals surface area contributed by atoms with Gasteiger partial charge in [0.1, 0.15) is 18.5 Å². The van der Waals surface area contributed by atoms with Gasteiger partial charge in [-0.3, -0.25) is 9.78 Å². The maximum atomic E-state index is 10.8. The van der Waals surface area contributed by atoms with Crippen LogP contribution in [0.25, 0.3) is 0 Å². The van der Waals surface area contributed by atoms with Gasteiger partial charge in [-0.2, -0.15) is 0 Å². The predicted molar refractivity (Wildman–Crippen MR) is 57.1 cm³/mol. The first-order chi connectivity index (χ1) is 7.61. The summed E-state index contributed by atoms with van der Waals surface area (Å²) in [6.45, 7) is 1.00. The Balaban J connectivity index is 2.56. The Morgan fingerprint density at radius 1 is 1.62 bits per heavy atom. The molecule has 0 aliphatic heterocycles. The van der Waals surface area contributed by atoms with Gasteiger partial charge in [-0.25, -0.2) is 0 Å². The molecule has 0 spiro atoms. The monoisotopic (exact) mass is 226 g/mol. The second-order valence-electron chi connectivity index (χ2n) is 3.24. The minimum absolute atomic E-state index is 0.0261. The van der Waals surface area contributed by atoms with E-state index >= 15 is 0 Å². The highest BCUT2D eigenvalue weighted by molar-refractivity contribution is 5.88. The lowest BCUT2D eigenvalue weighted by Crippen LogP contribution is -2.21. The number of carbonyl (C=O) groups excluding carboxylic acids is 1. The number of hydrogen-bond donors (Lipinski definition) is 3. The van der Waals surface area contributed by atoms with Gasteiger partial charge in [0.25, 0.3) is 0 Å². The summed E-state index contributed by atoms with van der Waals surface area (Å²) in [5, 5.41) is 20.2. The predicted octanol–water partition coefficient (Wildman–Crippen LogP) is -0.228. The van der Waals surface area contributed by atoms with Gasteiger partial charge in [-0.05, 0) is 0 Å². The van der Waals surface area contributed by atoms with E-state index in [1.165, 1.54) is 19.3 Å². The standard InChI is InChI=1S/C10H14N2O4/c1-7(14)12-8-2-10(4-11-3-8)16-6-9(15)5-13/h2-4,9,13,15H,5-6H2,1H3,(H,12,14)/t9-/m1/s1. The highest BCUT2D eigenvalue weighted by Crippen LogP contribution is 2.15. The molecule has 6 heteroatoms. The number of hydrogen-bond acceptors (Lipinski definition) is 5. The second kappa shape index (κ2) is 6.04. The number of aliphatic hydroxyl groups is 2. The Bertz CT molecular complexity index is 356. The van der Waals surface area contributed by atoms with E-state index in [4.69, 9.17) is 14.9 Å². The molecular formula is C10H14N2O4. The summed E-state index contributed by atoms with van der Waals surface area (Å²) in [6.07, 6.45) is 2.01. The quantitative estimate of drug-likeness (QED) is 0.645. The molecule has 0 saturated carbocycles. The van der Waals surface area contributed by atoms with Gasteiger partial charge in [0, 0.05) is 13.0 Å². The Hall–Kier alpha value is -1.66. The molecule has 1 rings (SSSR count). The zero-order chi connectivity index (χ0) is 12.0. The Morgan fingerprint density at radius 2 is 2.38 bits per heavy atom. The van der Waals surface area contributed by atoms with E-state index in [0.29, 0.717) is 11.4 Å². The molecule has 0 aliphatic rings. The second-order valence-corrected chi connectivity index (χ2v) is 3.24. The molecule has 0 aliphatic carbocycles. The third-order valence-electron chi connectivity index (χ3n) is 1.69. The maximum Gasteiger partial charge on any atom is 0.221 e. The minimum atomic E-state index is -0.926. The molecule has 6 nitrogen and oxygen atoms in total. The molecule has 1 aromatic heterocycles. The zero-order valence-corrected chi connectivity index (χ0v) is 8.88. The first-order valence-electron chi connectivity index (χ1n) is 4.76. The molecule has 0 bridgehead atoms. The largest absolute Gasteiger partial charge is 0.489 e. The number of anilines is 1. The summed E-state index contributed by atoms with van der Waals surface area (Å²) in [5.41, 5.74) is 0.517. The van der Waals surface area contributed by atoms with E-state index in [-0.39, 0.29) is 19.1 Å². The van der Waals surface area contributed by atoms with Gasteiger partial charge < -0.3 is 20.3 Å². The molecule has 0 fully saturated rings. The number of aliphatic hydroxyl groups excluding tert-OH is 2. The zero-order valence-electron chi connectivity index (χ0n) is 8.88. The average Bonchev–Trinajstić information content (AvgIpc) is 2.25. The molecule has 0 saturated heterocycles. The van der Waals surface area contributed by atoms with Crippen LogP contribution >= 0.6 is 0 Å². The van der Waals surface area contributed by atoms with Crippen molar-refractivity contribution >= 4 is 11.6 Å². The highest BCUT2D eigenvalue weighted by atomic mass is 16.5. The number of nitrogens with zero attached hydrogens (tertiary/aromatic N) is 1. The number of rotatable bonds is 5. The molecule has 0 unspecified atom stereocenters. The van der Waals surface area contributed by atoms with E-state index in [0.717, 1.165) is 0 Å². The molecule has 1 aromatic rings. The van der Waals surface area contributed by atoms with Crippen LogP contribution in [0, 0.1) is 0 Å². The first-order valence-corrected chi connectivity index (χ1v) is 4.76. The fraction of sp³-hybridized carbons (Fsp3) is 0.400. The van der Waals surface area contributed by atoms with E-state index in [9.17, 15) is 4.79 Å². The van der Waals surface area contributed by atoms with Crippen molar-refractivity contribution in [1.82, 2.24) is 4.98 Å². The van der Waals surface area contributed by atoms with Crippen LogP contribution in [-0.2, 0) is 4.79 Å². The van der Waals surface area contributed by atoms with Crippen LogP contribution in [0.2, 0.25) is 0 Å². The highest BCUT2D eigenvalue weighted by Gasteiger charge is 2.04. The smallest absolute Gasteiger partial charge is 0.221 e. The number of ether oxygens (including phenoxy) is 1. The van der Waals surface area contributed by atoms with Crippen LogP contribution < -0.4 is 10.1 Å². The van der Waals surface area contributed by atoms with Crippen molar-refractivity contribution in [2.45, 2.75) is 13.0 Å². The first kappa shape index (κ1) is 12.4. The van der Waals surface area contributed by atoms with Gasteiger partial charge in [0.05, 0.1) is 24.7 Å². The maximum absolute atomic E-state index is 10.8. The summed E-state index contributed by atoms with van der Waals surface area (Å²) >= 11 is 0. The minimum Gasteiger partial charge on any atom is -0.489 e. The van der Waals surface area contributed by atoms with Crippen molar-refractivity contribution < 1.29 is 19.7 Å². The van der Waals surface area contributed by atoms with Gasteiger partial charge in [0.2, 0.25) is 5.91 Å². The third kappa shape index (κ3) is 4.24. The molecule has 0 aromatic carbocycles. The number of nitrogens with one attached hydrogen (secondary N) is 1. The van der Waals surface area contributed by atoms with E-state index in [1.807, 2.05) is 0 Å². The summed E-state index contributed by atoms with van der Waals surface area (Å²) in [4.78, 5) is 14.6. The van der Waals surface area contributed by atoms with Crippen LogP contribution in [0.5, 0.6) is 5.75 Å². The van der Waals surface area contributed by atoms with Crippen molar-refractivity contribution in [1.29, 1.82) is 0 Å². The van der Waals surface area contributed by atoms with Crippen molar-refractivity contribution in [3.63, 3.8) is 0 Å². The molecule has 1 atom stereocenters. The SMILES string of the molecule is CC(=O)Nc1cncc(OC[C@H](O)CO)c1. The van der Waals surface area contributed by atoms with Gasteiger partial charge >= 0.3 is 0 Å².